The van der Waals surface area contributed by atoms with Gasteiger partial charge in [-0.05, 0) is 172 Å². The lowest BCUT2D eigenvalue weighted by Crippen LogP contribution is -2.78. The highest BCUT2D eigenvalue weighted by Crippen LogP contribution is 2.51. The second kappa shape index (κ2) is 30.4. The van der Waals surface area contributed by atoms with E-state index in [4.69, 9.17) is 0 Å². The van der Waals surface area contributed by atoms with Gasteiger partial charge in [-0.3, -0.25) is 0 Å². The first kappa shape index (κ1) is 72.1. The SMILES string of the molecule is CC(C)(C)c1cccc(-c2cc3c4c(c2)N(c2ccccc2-c2ccccc2)c2ccc(-c5cc([Si](c6ccccc6)(c6ccccc6)c6cccc(-c7ccccc7)c6)cc([Si](c6ccccc6)(c6ccccc6)c6cccc(-c7ccccc7)c6)c5)cc2B4c2cc(-c4ccccc4)ccc2N3c2ccccc2-c2ccccc2)c1. The Morgan fingerprint density at radius 3 is 0.846 bits per heavy atom. The summed E-state index contributed by atoms with van der Waals surface area (Å²) in [6.45, 7) is 6.69. The van der Waals surface area contributed by atoms with Gasteiger partial charge in [0, 0.05) is 33.9 Å². The van der Waals surface area contributed by atoms with Crippen molar-refractivity contribution in [2.24, 2.45) is 0 Å². The molecule has 0 aromatic heterocycles. The maximum Gasteiger partial charge on any atom is 0.252 e. The van der Waals surface area contributed by atoms with E-state index in [9.17, 15) is 0 Å². The van der Waals surface area contributed by atoms with Crippen molar-refractivity contribution in [3.05, 3.63) is 467 Å². The fourth-order valence-corrected chi connectivity index (χ4v) is 28.9. The number of benzene rings is 18. The van der Waals surface area contributed by atoms with E-state index in [0.717, 1.165) is 78.6 Å². The van der Waals surface area contributed by atoms with Crippen molar-refractivity contribution in [3.8, 4) is 77.9 Å². The summed E-state index contributed by atoms with van der Waals surface area (Å²) in [6.07, 6.45) is 0. The Balaban J connectivity index is 0.941. The van der Waals surface area contributed by atoms with Crippen LogP contribution in [0.2, 0.25) is 0 Å². The molecule has 0 saturated carbocycles. The maximum absolute atomic E-state index is 3.49. The number of nitrogens with zero attached hydrogens (tertiary/aromatic N) is 2. The molecule has 0 aliphatic carbocycles. The molecular formula is C112H85BN2Si2. The zero-order valence-corrected chi connectivity index (χ0v) is 67.9. The maximum atomic E-state index is 2.72. The third-order valence-corrected chi connectivity index (χ3v) is 33.9. The summed E-state index contributed by atoms with van der Waals surface area (Å²) in [6, 6.07) is 176. The van der Waals surface area contributed by atoms with Crippen molar-refractivity contribution in [2.45, 2.75) is 26.2 Å². The molecule has 0 fully saturated rings. The molecule has 0 atom stereocenters. The van der Waals surface area contributed by atoms with Gasteiger partial charge in [-0.25, -0.2) is 0 Å². The number of fused-ring (bicyclic) bond motifs is 4. The predicted octanol–water partition coefficient (Wildman–Crippen LogP) is 21.5. The van der Waals surface area contributed by atoms with Gasteiger partial charge in [-0.15, -0.1) is 0 Å². The largest absolute Gasteiger partial charge is 0.311 e. The van der Waals surface area contributed by atoms with Crippen LogP contribution in [0, 0.1) is 0 Å². The summed E-state index contributed by atoms with van der Waals surface area (Å²) in [7, 11) is -6.98. The summed E-state index contributed by atoms with van der Waals surface area (Å²) in [5, 5.41) is 10.4. The van der Waals surface area contributed by atoms with Gasteiger partial charge < -0.3 is 9.80 Å². The number of hydrogen-bond donors (Lipinski definition) is 0. The van der Waals surface area contributed by atoms with Gasteiger partial charge >= 0.3 is 0 Å². The van der Waals surface area contributed by atoms with Crippen LogP contribution in [0.15, 0.2) is 461 Å². The third-order valence-electron chi connectivity index (χ3n) is 24.5. The molecule has 2 heterocycles. The van der Waals surface area contributed by atoms with E-state index in [0.29, 0.717) is 0 Å². The number of para-hydroxylation sites is 2. The Bertz CT molecular complexity index is 6370. The first-order valence-electron chi connectivity index (χ1n) is 40.9. The molecule has 0 amide bonds. The Kier molecular flexibility index (Phi) is 18.7. The topological polar surface area (TPSA) is 6.48 Å². The monoisotopic (exact) mass is 1520 g/mol. The van der Waals surface area contributed by atoms with Crippen molar-refractivity contribution < 1.29 is 0 Å². The molecule has 0 N–H and O–H groups in total. The zero-order valence-electron chi connectivity index (χ0n) is 65.9. The molecule has 5 heteroatoms. The zero-order chi connectivity index (χ0) is 78.4. The van der Waals surface area contributed by atoms with E-state index < -0.39 is 16.1 Å². The van der Waals surface area contributed by atoms with Crippen LogP contribution in [0.3, 0.4) is 0 Å². The highest BCUT2D eigenvalue weighted by Gasteiger charge is 2.49. The summed E-state index contributed by atoms with van der Waals surface area (Å²) in [5.41, 5.74) is 27.9. The minimum Gasteiger partial charge on any atom is -0.311 e. The Labute approximate surface area is 690 Å². The van der Waals surface area contributed by atoms with Crippen LogP contribution in [0.25, 0.3) is 77.9 Å². The second-order valence-electron chi connectivity index (χ2n) is 32.2. The number of rotatable bonds is 17. The fraction of sp³-hybridized carbons (Fsp3) is 0.0357. The minimum absolute atomic E-state index is 0.0995. The second-order valence-corrected chi connectivity index (χ2v) is 39.8. The van der Waals surface area contributed by atoms with Crippen LogP contribution in [0.5, 0.6) is 0 Å². The van der Waals surface area contributed by atoms with Crippen LogP contribution in [0.1, 0.15) is 26.3 Å². The minimum atomic E-state index is -3.49. The summed E-state index contributed by atoms with van der Waals surface area (Å²) in [4.78, 5) is 5.27. The highest BCUT2D eigenvalue weighted by molar-refractivity contribution is 7.22. The van der Waals surface area contributed by atoms with Gasteiger partial charge in [0.2, 0.25) is 0 Å². The molecule has 20 rings (SSSR count). The first-order valence-corrected chi connectivity index (χ1v) is 44.9. The van der Waals surface area contributed by atoms with Crippen molar-refractivity contribution in [1.82, 2.24) is 0 Å². The average Bonchev–Trinajstić information content (AvgIpc) is 0.688. The summed E-state index contributed by atoms with van der Waals surface area (Å²) < 4.78 is 0. The molecular weight excluding hydrogens is 1440 g/mol. The molecule has 2 nitrogen and oxygen atoms in total. The van der Waals surface area contributed by atoms with Gasteiger partial charge in [-0.1, -0.05) is 445 Å². The molecule has 2 aliphatic rings. The molecule has 0 bridgehead atoms. The molecule has 2 aliphatic heterocycles. The molecule has 0 spiro atoms. The summed E-state index contributed by atoms with van der Waals surface area (Å²) >= 11 is 0. The van der Waals surface area contributed by atoms with Crippen LogP contribution in [-0.4, -0.2) is 22.9 Å². The Hall–Kier alpha value is -13.9. The normalized spacial score (nSPS) is 12.4. The van der Waals surface area contributed by atoms with E-state index in [1.807, 2.05) is 0 Å². The van der Waals surface area contributed by atoms with Crippen LogP contribution in [-0.2, 0) is 5.41 Å². The van der Waals surface area contributed by atoms with Crippen LogP contribution < -0.4 is 67.7 Å². The molecule has 0 unspecified atom stereocenters. The lowest BCUT2D eigenvalue weighted by Gasteiger charge is -2.45. The predicted molar refractivity (Wildman–Crippen MR) is 504 cm³/mol. The standard InChI is InChI=1S/C112H85BN2Si2/c1-112(2,3)92-51-35-48-85(70-92)91-77-109-111-110(78-91)115(106-65-34-32-63-102(106)84-46-21-8-22-47-84)108-69-67-89(76-104(108)113(111)103-75-88(82-42-17-6-18-43-82)66-68-107(103)114(109)105-64-33-31-62-101(105)83-44-19-7-20-45-83)90-73-99(116(93-52-23-9-24-53-93,94-54-25-10-26-55-94)97-60-36-49-86(71-97)80-38-13-4-14-39-80)79-100(74-90)117(95-56-27-11-28-57-95,96-58-29-12-30-59-96)98-61-37-50-87(72-98)81-40-15-5-16-41-81/h4-79H,1-3H3. The van der Waals surface area contributed by atoms with Gasteiger partial charge in [0.15, 0.2) is 16.1 Å². The lowest BCUT2D eigenvalue weighted by atomic mass is 9.33. The average molecular weight is 1530 g/mol. The molecule has 554 valence electrons. The molecule has 117 heavy (non-hydrogen) atoms. The number of anilines is 6. The quantitative estimate of drug-likeness (QED) is 0.0662. The molecule has 18 aromatic rings. The van der Waals surface area contributed by atoms with Crippen LogP contribution >= 0.6 is 0 Å². The van der Waals surface area contributed by atoms with Crippen molar-refractivity contribution in [1.29, 1.82) is 0 Å². The van der Waals surface area contributed by atoms with E-state index in [-0.39, 0.29) is 12.1 Å². The lowest BCUT2D eigenvalue weighted by molar-refractivity contribution is 0.590. The number of hydrogen-bond acceptors (Lipinski definition) is 2. The molecule has 0 saturated heterocycles. The first-order chi connectivity index (χ1) is 57.7. The Morgan fingerprint density at radius 2 is 0.470 bits per heavy atom. The van der Waals surface area contributed by atoms with E-state index in [1.165, 1.54) is 96.8 Å². The van der Waals surface area contributed by atoms with Gasteiger partial charge in [0.1, 0.15) is 0 Å². The van der Waals surface area contributed by atoms with Gasteiger partial charge in [0.25, 0.3) is 6.71 Å². The molecule has 0 radical (unpaired) electrons. The van der Waals surface area contributed by atoms with Crippen molar-refractivity contribution in [3.63, 3.8) is 0 Å². The smallest absolute Gasteiger partial charge is 0.252 e. The van der Waals surface area contributed by atoms with E-state index in [1.54, 1.807) is 0 Å². The Morgan fingerprint density at radius 1 is 0.188 bits per heavy atom. The van der Waals surface area contributed by atoms with Gasteiger partial charge in [-0.2, -0.15) is 0 Å². The molecule has 18 aromatic carbocycles. The van der Waals surface area contributed by atoms with Crippen molar-refractivity contribution in [2.75, 3.05) is 9.80 Å². The third kappa shape index (κ3) is 12.8. The highest BCUT2D eigenvalue weighted by atomic mass is 28.3. The van der Waals surface area contributed by atoms with Crippen molar-refractivity contribution >= 4 is 115 Å². The van der Waals surface area contributed by atoms with Gasteiger partial charge in [0.05, 0.1) is 11.4 Å². The van der Waals surface area contributed by atoms with E-state index in [2.05, 4.69) is 492 Å². The van der Waals surface area contributed by atoms with Crippen LogP contribution in [0.4, 0.5) is 34.1 Å². The summed E-state index contributed by atoms with van der Waals surface area (Å²) in [5.74, 6) is 0. The fourth-order valence-electron chi connectivity index (χ4n) is 19.0. The van der Waals surface area contributed by atoms with E-state index >= 15 is 0 Å².